The Labute approximate surface area is 197 Å². The van der Waals surface area contributed by atoms with Crippen LogP contribution in [0.1, 0.15) is 18.1 Å². The Bertz CT molecular complexity index is 880. The molecule has 0 radical (unpaired) electrons. The molecule has 1 atom stereocenters. The van der Waals surface area contributed by atoms with Crippen molar-refractivity contribution < 1.29 is 14.3 Å². The minimum Gasteiger partial charge on any atom is -0.383 e. The molecular weight excluding hydrogens is 416 g/mol. The van der Waals surface area contributed by atoms with Crippen molar-refractivity contribution in [2.75, 3.05) is 58.4 Å². The van der Waals surface area contributed by atoms with Gasteiger partial charge in [0.25, 0.3) is 0 Å². The maximum atomic E-state index is 13.1. The number of piperazine rings is 1. The van der Waals surface area contributed by atoms with E-state index < -0.39 is 0 Å². The smallest absolute Gasteiger partial charge is 0.239 e. The molecule has 1 fully saturated rings. The van der Waals surface area contributed by atoms with E-state index in [-0.39, 0.29) is 17.9 Å². The predicted octanol–water partition coefficient (Wildman–Crippen LogP) is 2.16. The van der Waals surface area contributed by atoms with Gasteiger partial charge in [-0.25, -0.2) is 0 Å². The first-order valence-electron chi connectivity index (χ1n) is 11.6. The summed E-state index contributed by atoms with van der Waals surface area (Å²) < 4.78 is 5.13. The average molecular weight is 453 g/mol. The van der Waals surface area contributed by atoms with E-state index in [2.05, 4.69) is 46.6 Å². The van der Waals surface area contributed by atoms with Crippen molar-refractivity contribution in [3.63, 3.8) is 0 Å². The number of nitrogens with one attached hydrogen (secondary N) is 1. The van der Waals surface area contributed by atoms with Gasteiger partial charge in [0.1, 0.15) is 0 Å². The lowest BCUT2D eigenvalue weighted by Gasteiger charge is -2.35. The van der Waals surface area contributed by atoms with Gasteiger partial charge in [-0.1, -0.05) is 42.5 Å². The van der Waals surface area contributed by atoms with Crippen LogP contribution in [0.15, 0.2) is 54.6 Å². The van der Waals surface area contributed by atoms with Gasteiger partial charge in [0.15, 0.2) is 0 Å². The van der Waals surface area contributed by atoms with Crippen LogP contribution in [0.3, 0.4) is 0 Å². The standard InChI is InChI=1S/C26H36N4O3/c1-21(31)29-13-15-30(16-14-29)24-11-9-23(10-12-24)20-27-25(19-22-7-5-4-6-8-22)26(32)28(2)17-18-33-3/h4-12,25,27H,13-20H2,1-3H3/t25-/m0/s1. The second-order valence-electron chi connectivity index (χ2n) is 8.54. The van der Waals surface area contributed by atoms with E-state index in [0.29, 0.717) is 26.1 Å². The number of methoxy groups -OCH3 is 1. The van der Waals surface area contributed by atoms with Crippen LogP contribution >= 0.6 is 0 Å². The molecule has 178 valence electrons. The van der Waals surface area contributed by atoms with Gasteiger partial charge in [0.2, 0.25) is 11.8 Å². The lowest BCUT2D eigenvalue weighted by atomic mass is 10.0. The molecule has 2 aromatic carbocycles. The SMILES string of the molecule is COCCN(C)C(=O)[C@H](Cc1ccccc1)NCc1ccc(N2CCN(C(C)=O)CC2)cc1. The summed E-state index contributed by atoms with van der Waals surface area (Å²) in [6.45, 7) is 6.53. The van der Waals surface area contributed by atoms with Crippen LogP contribution in [0.5, 0.6) is 0 Å². The number of benzene rings is 2. The minimum atomic E-state index is -0.311. The monoisotopic (exact) mass is 452 g/mol. The van der Waals surface area contributed by atoms with E-state index in [0.717, 1.165) is 43.0 Å². The molecule has 7 nitrogen and oxygen atoms in total. The third-order valence-electron chi connectivity index (χ3n) is 6.17. The highest BCUT2D eigenvalue weighted by Crippen LogP contribution is 2.18. The topological polar surface area (TPSA) is 65.1 Å². The molecule has 7 heteroatoms. The summed E-state index contributed by atoms with van der Waals surface area (Å²) in [4.78, 5) is 30.6. The molecule has 3 rings (SSSR count). The van der Waals surface area contributed by atoms with E-state index in [1.807, 2.05) is 30.1 Å². The molecule has 0 bridgehead atoms. The quantitative estimate of drug-likeness (QED) is 0.599. The van der Waals surface area contributed by atoms with Crippen LogP contribution in [-0.4, -0.2) is 81.1 Å². The Morgan fingerprint density at radius 2 is 1.67 bits per heavy atom. The number of anilines is 1. The molecule has 2 aromatic rings. The number of amides is 2. The van der Waals surface area contributed by atoms with Crippen LogP contribution in [0.2, 0.25) is 0 Å². The van der Waals surface area contributed by atoms with Crippen LogP contribution in [0.25, 0.3) is 0 Å². The van der Waals surface area contributed by atoms with Gasteiger partial charge in [-0.05, 0) is 29.7 Å². The van der Waals surface area contributed by atoms with Gasteiger partial charge < -0.3 is 24.8 Å². The molecule has 1 saturated heterocycles. The highest BCUT2D eigenvalue weighted by Gasteiger charge is 2.22. The first-order valence-corrected chi connectivity index (χ1v) is 11.6. The zero-order chi connectivity index (χ0) is 23.6. The molecule has 0 aromatic heterocycles. The molecule has 0 aliphatic carbocycles. The molecule has 1 aliphatic rings. The summed E-state index contributed by atoms with van der Waals surface area (Å²) in [7, 11) is 3.46. The number of nitrogens with zero attached hydrogens (tertiary/aromatic N) is 3. The van der Waals surface area contributed by atoms with E-state index >= 15 is 0 Å². The van der Waals surface area contributed by atoms with Gasteiger partial charge >= 0.3 is 0 Å². The molecule has 1 N–H and O–H groups in total. The Morgan fingerprint density at radius 1 is 1.00 bits per heavy atom. The van der Waals surface area contributed by atoms with E-state index in [1.165, 1.54) is 0 Å². The Balaban J connectivity index is 1.60. The number of carbonyl (C=O) groups excluding carboxylic acids is 2. The zero-order valence-electron chi connectivity index (χ0n) is 20.0. The number of hydrogen-bond acceptors (Lipinski definition) is 5. The molecule has 1 aliphatic heterocycles. The van der Waals surface area contributed by atoms with Crippen molar-refractivity contribution in [1.29, 1.82) is 0 Å². The van der Waals surface area contributed by atoms with Gasteiger partial charge in [-0.15, -0.1) is 0 Å². The van der Waals surface area contributed by atoms with Crippen LogP contribution < -0.4 is 10.2 Å². The maximum absolute atomic E-state index is 13.1. The van der Waals surface area contributed by atoms with Gasteiger partial charge in [0.05, 0.1) is 12.6 Å². The lowest BCUT2D eigenvalue weighted by molar-refractivity contribution is -0.132. The van der Waals surface area contributed by atoms with Gasteiger partial charge in [-0.3, -0.25) is 9.59 Å². The summed E-state index contributed by atoms with van der Waals surface area (Å²) >= 11 is 0. The van der Waals surface area contributed by atoms with Crippen molar-refractivity contribution in [3.8, 4) is 0 Å². The molecular formula is C26H36N4O3. The molecule has 0 spiro atoms. The fraction of sp³-hybridized carbons (Fsp3) is 0.462. The summed E-state index contributed by atoms with van der Waals surface area (Å²) in [6.07, 6.45) is 0.634. The molecule has 0 saturated carbocycles. The fourth-order valence-corrected chi connectivity index (χ4v) is 4.05. The van der Waals surface area contributed by atoms with Crippen molar-refractivity contribution in [2.24, 2.45) is 0 Å². The molecule has 0 unspecified atom stereocenters. The highest BCUT2D eigenvalue weighted by molar-refractivity contribution is 5.82. The van der Waals surface area contributed by atoms with E-state index in [9.17, 15) is 9.59 Å². The van der Waals surface area contributed by atoms with Gasteiger partial charge in [0, 0.05) is 66.0 Å². The maximum Gasteiger partial charge on any atom is 0.239 e. The predicted molar refractivity (Wildman–Crippen MR) is 131 cm³/mol. The summed E-state index contributed by atoms with van der Waals surface area (Å²) in [5.74, 6) is 0.208. The molecule has 33 heavy (non-hydrogen) atoms. The van der Waals surface area contributed by atoms with Crippen molar-refractivity contribution >= 4 is 17.5 Å². The molecule has 2 amide bonds. The van der Waals surface area contributed by atoms with Crippen molar-refractivity contribution in [1.82, 2.24) is 15.1 Å². The van der Waals surface area contributed by atoms with Crippen LogP contribution in [-0.2, 0) is 27.3 Å². The van der Waals surface area contributed by atoms with Crippen molar-refractivity contribution in [2.45, 2.75) is 25.9 Å². The number of ether oxygens (including phenoxy) is 1. The fourth-order valence-electron chi connectivity index (χ4n) is 4.05. The second kappa shape index (κ2) is 12.4. The first-order chi connectivity index (χ1) is 16.0. The largest absolute Gasteiger partial charge is 0.383 e. The summed E-state index contributed by atoms with van der Waals surface area (Å²) in [6, 6.07) is 18.2. The minimum absolute atomic E-state index is 0.0656. The Kier molecular flexibility index (Phi) is 9.27. The second-order valence-corrected chi connectivity index (χ2v) is 8.54. The Morgan fingerprint density at radius 3 is 2.27 bits per heavy atom. The summed E-state index contributed by atoms with van der Waals surface area (Å²) in [5.41, 5.74) is 3.42. The number of likely N-dealkylation sites (N-methyl/N-ethyl adjacent to an activating group) is 1. The number of hydrogen-bond donors (Lipinski definition) is 1. The highest BCUT2D eigenvalue weighted by atomic mass is 16.5. The lowest BCUT2D eigenvalue weighted by Crippen LogP contribution is -2.48. The third-order valence-corrected chi connectivity index (χ3v) is 6.17. The Hall–Kier alpha value is -2.90. The average Bonchev–Trinajstić information content (AvgIpc) is 2.85. The summed E-state index contributed by atoms with van der Waals surface area (Å²) in [5, 5.41) is 3.47. The third kappa shape index (κ3) is 7.30. The van der Waals surface area contributed by atoms with E-state index in [1.54, 1.807) is 18.9 Å². The zero-order valence-corrected chi connectivity index (χ0v) is 20.0. The molecule has 1 heterocycles. The number of rotatable bonds is 10. The van der Waals surface area contributed by atoms with Crippen LogP contribution in [0.4, 0.5) is 5.69 Å². The van der Waals surface area contributed by atoms with Crippen LogP contribution in [0, 0.1) is 0 Å². The van der Waals surface area contributed by atoms with Gasteiger partial charge in [-0.2, -0.15) is 0 Å². The van der Waals surface area contributed by atoms with E-state index in [4.69, 9.17) is 4.74 Å². The normalized spacial score (nSPS) is 14.8. The number of carbonyl (C=O) groups is 2. The van der Waals surface area contributed by atoms with Crippen molar-refractivity contribution in [3.05, 3.63) is 65.7 Å². The first kappa shape index (κ1) is 24.7.